The summed E-state index contributed by atoms with van der Waals surface area (Å²) < 4.78 is 7.65. The second kappa shape index (κ2) is 10.7. The van der Waals surface area contributed by atoms with Gasteiger partial charge < -0.3 is 15.0 Å². The van der Waals surface area contributed by atoms with Gasteiger partial charge in [-0.1, -0.05) is 58.4 Å². The molecular formula is C26H28Br2N2O3. The van der Waals surface area contributed by atoms with Crippen molar-refractivity contribution in [1.82, 2.24) is 10.2 Å². The molecule has 5 nitrogen and oxygen atoms in total. The van der Waals surface area contributed by atoms with Crippen LogP contribution >= 0.6 is 31.9 Å². The van der Waals surface area contributed by atoms with Crippen LogP contribution in [0.4, 0.5) is 0 Å². The Morgan fingerprint density at radius 1 is 1.00 bits per heavy atom. The lowest BCUT2D eigenvalue weighted by Gasteiger charge is -2.31. The topological polar surface area (TPSA) is 58.6 Å². The fraction of sp³-hybridized carbons (Fsp3) is 0.308. The van der Waals surface area contributed by atoms with Crippen LogP contribution in [0, 0.1) is 0 Å². The highest BCUT2D eigenvalue weighted by Crippen LogP contribution is 2.33. The molecule has 3 aromatic rings. The molecule has 0 aromatic heterocycles. The molecule has 1 atom stereocenters. The predicted molar refractivity (Wildman–Crippen MR) is 139 cm³/mol. The number of halogens is 2. The number of carbonyl (C=O) groups is 2. The Bertz CT molecular complexity index is 1140. The number of nitrogens with zero attached hydrogens (tertiary/aromatic N) is 1. The third kappa shape index (κ3) is 6.81. The Morgan fingerprint density at radius 2 is 1.67 bits per heavy atom. The van der Waals surface area contributed by atoms with Crippen LogP contribution < -0.4 is 10.1 Å². The number of rotatable bonds is 7. The molecule has 1 N–H and O–H groups in total. The van der Waals surface area contributed by atoms with Gasteiger partial charge >= 0.3 is 0 Å². The third-order valence-electron chi connectivity index (χ3n) is 5.11. The number of fused-ring (bicyclic) bond motifs is 1. The van der Waals surface area contributed by atoms with Gasteiger partial charge in [0.05, 0.1) is 4.47 Å². The molecule has 0 saturated heterocycles. The van der Waals surface area contributed by atoms with Crippen molar-refractivity contribution in [3.63, 3.8) is 0 Å². The van der Waals surface area contributed by atoms with Gasteiger partial charge in [-0.3, -0.25) is 9.59 Å². The normalized spacial score (nSPS) is 12.3. The summed E-state index contributed by atoms with van der Waals surface area (Å²) in [6, 6.07) is 18.8. The van der Waals surface area contributed by atoms with Crippen LogP contribution in [0.3, 0.4) is 0 Å². The minimum absolute atomic E-state index is 0.180. The predicted octanol–water partition coefficient (Wildman–Crippen LogP) is 6.08. The van der Waals surface area contributed by atoms with Crippen molar-refractivity contribution < 1.29 is 14.3 Å². The zero-order valence-corrected chi connectivity index (χ0v) is 22.4. The van der Waals surface area contributed by atoms with E-state index in [-0.39, 0.29) is 18.4 Å². The van der Waals surface area contributed by atoms with Crippen molar-refractivity contribution in [1.29, 1.82) is 0 Å². The fourth-order valence-electron chi connectivity index (χ4n) is 3.39. The Labute approximate surface area is 211 Å². The minimum Gasteiger partial charge on any atom is -0.483 e. The third-order valence-corrected chi connectivity index (χ3v) is 6.46. The number of ether oxygens (including phenoxy) is 1. The van der Waals surface area contributed by atoms with Gasteiger partial charge in [0.2, 0.25) is 5.91 Å². The zero-order chi connectivity index (χ0) is 24.2. The average molecular weight is 576 g/mol. The van der Waals surface area contributed by atoms with E-state index in [1.807, 2.05) is 81.4 Å². The standard InChI is InChI=1S/C26H28Br2N2O3/c1-17(25(32)29-26(2,3)4)30(15-18-9-12-20(27)13-10-18)23(31)16-33-22-14-11-19-7-5-6-8-21(19)24(22)28/h5-14,17H,15-16H2,1-4H3,(H,29,32)/t17-/m1/s1. The minimum atomic E-state index is -0.663. The van der Waals surface area contributed by atoms with Crippen molar-refractivity contribution >= 4 is 54.4 Å². The maximum absolute atomic E-state index is 13.3. The Balaban J connectivity index is 1.80. The van der Waals surface area contributed by atoms with Crippen LogP contribution in [0.2, 0.25) is 0 Å². The van der Waals surface area contributed by atoms with Gasteiger partial charge in [-0.05, 0) is 78.2 Å². The van der Waals surface area contributed by atoms with E-state index >= 15 is 0 Å². The first-order chi connectivity index (χ1) is 15.5. The highest BCUT2D eigenvalue weighted by Gasteiger charge is 2.28. The van der Waals surface area contributed by atoms with Crippen LogP contribution in [0.5, 0.6) is 5.75 Å². The van der Waals surface area contributed by atoms with E-state index in [0.29, 0.717) is 12.3 Å². The number of hydrogen-bond acceptors (Lipinski definition) is 3. The molecule has 0 saturated carbocycles. The SMILES string of the molecule is C[C@H](C(=O)NC(C)(C)C)N(Cc1ccc(Br)cc1)C(=O)COc1ccc2ccccc2c1Br. The maximum atomic E-state index is 13.3. The number of carbonyl (C=O) groups excluding carboxylic acids is 2. The molecule has 0 heterocycles. The highest BCUT2D eigenvalue weighted by atomic mass is 79.9. The van der Waals surface area contributed by atoms with E-state index < -0.39 is 11.6 Å². The van der Waals surface area contributed by atoms with Crippen LogP contribution in [-0.4, -0.2) is 34.9 Å². The molecular weight excluding hydrogens is 548 g/mol. The van der Waals surface area contributed by atoms with Gasteiger partial charge in [0.25, 0.3) is 5.91 Å². The van der Waals surface area contributed by atoms with Crippen molar-refractivity contribution in [2.45, 2.75) is 45.8 Å². The van der Waals surface area contributed by atoms with Crippen molar-refractivity contribution in [2.24, 2.45) is 0 Å². The molecule has 0 unspecified atom stereocenters. The summed E-state index contributed by atoms with van der Waals surface area (Å²) in [5.41, 5.74) is 0.526. The Kier molecular flexibility index (Phi) is 8.19. The molecule has 33 heavy (non-hydrogen) atoms. The molecule has 0 aliphatic carbocycles. The first kappa shape index (κ1) is 25.2. The van der Waals surface area contributed by atoms with Gasteiger partial charge in [-0.15, -0.1) is 0 Å². The first-order valence-electron chi connectivity index (χ1n) is 10.7. The number of benzene rings is 3. The van der Waals surface area contributed by atoms with Gasteiger partial charge in [-0.25, -0.2) is 0 Å². The smallest absolute Gasteiger partial charge is 0.261 e. The number of hydrogen-bond donors (Lipinski definition) is 1. The summed E-state index contributed by atoms with van der Waals surface area (Å²) in [5, 5.41) is 5.05. The molecule has 0 bridgehead atoms. The van der Waals surface area contributed by atoms with Gasteiger partial charge in [0.15, 0.2) is 6.61 Å². The van der Waals surface area contributed by atoms with Crippen molar-refractivity contribution in [3.05, 3.63) is 75.2 Å². The molecule has 3 aromatic carbocycles. The number of nitrogens with one attached hydrogen (secondary N) is 1. The van der Waals surface area contributed by atoms with Gasteiger partial charge in [0.1, 0.15) is 11.8 Å². The summed E-state index contributed by atoms with van der Waals surface area (Å²) in [6.45, 7) is 7.61. The molecule has 0 fully saturated rings. The fourth-order valence-corrected chi connectivity index (χ4v) is 4.26. The van der Waals surface area contributed by atoms with E-state index in [4.69, 9.17) is 4.74 Å². The quantitative estimate of drug-likeness (QED) is 0.372. The summed E-state index contributed by atoms with van der Waals surface area (Å²) in [7, 11) is 0. The van der Waals surface area contributed by atoms with Crippen LogP contribution in [-0.2, 0) is 16.1 Å². The molecule has 174 valence electrons. The second-order valence-electron chi connectivity index (χ2n) is 8.95. The monoisotopic (exact) mass is 574 g/mol. The van der Waals surface area contributed by atoms with E-state index in [1.54, 1.807) is 11.8 Å². The van der Waals surface area contributed by atoms with Crippen molar-refractivity contribution in [2.75, 3.05) is 6.61 Å². The lowest BCUT2D eigenvalue weighted by atomic mass is 10.1. The lowest BCUT2D eigenvalue weighted by Crippen LogP contribution is -2.53. The Hall–Kier alpha value is -2.38. The highest BCUT2D eigenvalue weighted by molar-refractivity contribution is 9.11. The average Bonchev–Trinajstić information content (AvgIpc) is 2.76. The van der Waals surface area contributed by atoms with Crippen molar-refractivity contribution in [3.8, 4) is 5.75 Å². The van der Waals surface area contributed by atoms with E-state index in [0.717, 1.165) is 25.3 Å². The molecule has 2 amide bonds. The summed E-state index contributed by atoms with van der Waals surface area (Å²) in [6.07, 6.45) is 0. The van der Waals surface area contributed by atoms with Crippen LogP contribution in [0.15, 0.2) is 69.6 Å². The summed E-state index contributed by atoms with van der Waals surface area (Å²) in [4.78, 5) is 27.7. The lowest BCUT2D eigenvalue weighted by molar-refractivity contribution is -0.142. The largest absolute Gasteiger partial charge is 0.483 e. The van der Waals surface area contributed by atoms with E-state index in [1.165, 1.54) is 0 Å². The molecule has 0 aliphatic heterocycles. The van der Waals surface area contributed by atoms with Gasteiger partial charge in [-0.2, -0.15) is 0 Å². The van der Waals surface area contributed by atoms with E-state index in [2.05, 4.69) is 37.2 Å². The van der Waals surface area contributed by atoms with Crippen LogP contribution in [0.25, 0.3) is 10.8 Å². The zero-order valence-electron chi connectivity index (χ0n) is 19.2. The Morgan fingerprint density at radius 3 is 2.33 bits per heavy atom. The first-order valence-corrected chi connectivity index (χ1v) is 12.3. The molecule has 7 heteroatoms. The molecule has 0 spiro atoms. The molecule has 0 radical (unpaired) electrons. The second-order valence-corrected chi connectivity index (χ2v) is 10.7. The van der Waals surface area contributed by atoms with Gasteiger partial charge in [0, 0.05) is 16.6 Å². The molecule has 0 aliphatic rings. The molecule has 3 rings (SSSR count). The van der Waals surface area contributed by atoms with E-state index in [9.17, 15) is 9.59 Å². The maximum Gasteiger partial charge on any atom is 0.261 e. The number of amides is 2. The summed E-state index contributed by atoms with van der Waals surface area (Å²) in [5.74, 6) is 0.104. The van der Waals surface area contributed by atoms with Crippen LogP contribution in [0.1, 0.15) is 33.3 Å². The summed E-state index contributed by atoms with van der Waals surface area (Å²) >= 11 is 7.03.